The van der Waals surface area contributed by atoms with Gasteiger partial charge in [0.1, 0.15) is 11.6 Å². The van der Waals surface area contributed by atoms with Crippen molar-refractivity contribution in [3.05, 3.63) is 65.5 Å². The highest BCUT2D eigenvalue weighted by atomic mass is 19.1. The highest BCUT2D eigenvalue weighted by molar-refractivity contribution is 5.91. The van der Waals surface area contributed by atoms with Crippen LogP contribution in [-0.4, -0.2) is 18.1 Å². The summed E-state index contributed by atoms with van der Waals surface area (Å²) in [7, 11) is 0. The van der Waals surface area contributed by atoms with E-state index in [1.807, 2.05) is 0 Å². The SMILES string of the molecule is CCCCCCCCCCCC(=O)N/N=C\c1ccc(OC(=O)c2ccccc2F)cc1. The first kappa shape index (κ1) is 25.2. The minimum absolute atomic E-state index is 0.0976. The van der Waals surface area contributed by atoms with Crippen molar-refractivity contribution in [2.24, 2.45) is 5.10 Å². The van der Waals surface area contributed by atoms with E-state index in [2.05, 4.69) is 17.5 Å². The molecule has 2 rings (SSSR count). The molecule has 0 unspecified atom stereocenters. The second-order valence-electron chi connectivity index (χ2n) is 7.81. The number of carbonyl (C=O) groups is 2. The van der Waals surface area contributed by atoms with Gasteiger partial charge in [0.2, 0.25) is 5.91 Å². The van der Waals surface area contributed by atoms with Crippen molar-refractivity contribution in [3.63, 3.8) is 0 Å². The number of esters is 1. The van der Waals surface area contributed by atoms with Crippen LogP contribution in [0.15, 0.2) is 53.6 Å². The van der Waals surface area contributed by atoms with Gasteiger partial charge in [-0.1, -0.05) is 70.4 Å². The third-order valence-electron chi connectivity index (χ3n) is 5.09. The van der Waals surface area contributed by atoms with E-state index in [-0.39, 0.29) is 11.5 Å². The zero-order chi connectivity index (χ0) is 23.0. The minimum Gasteiger partial charge on any atom is -0.423 e. The van der Waals surface area contributed by atoms with E-state index in [1.54, 1.807) is 30.3 Å². The molecule has 0 heterocycles. The number of hydrogen-bond donors (Lipinski definition) is 1. The summed E-state index contributed by atoms with van der Waals surface area (Å²) >= 11 is 0. The monoisotopic (exact) mass is 440 g/mol. The normalized spacial score (nSPS) is 10.9. The zero-order valence-corrected chi connectivity index (χ0v) is 18.8. The fraction of sp³-hybridized carbons (Fsp3) is 0.423. The summed E-state index contributed by atoms with van der Waals surface area (Å²) in [6.07, 6.45) is 12.9. The molecule has 2 aromatic rings. The molecule has 0 aliphatic rings. The summed E-state index contributed by atoms with van der Waals surface area (Å²) in [5.41, 5.74) is 3.15. The van der Waals surface area contributed by atoms with Crippen LogP contribution in [-0.2, 0) is 4.79 Å². The number of ether oxygens (including phenoxy) is 1. The molecule has 0 aromatic heterocycles. The number of halogens is 1. The average molecular weight is 441 g/mol. The highest BCUT2D eigenvalue weighted by Crippen LogP contribution is 2.15. The Morgan fingerprint density at radius 1 is 0.906 bits per heavy atom. The molecule has 1 N–H and O–H groups in total. The largest absolute Gasteiger partial charge is 0.423 e. The second-order valence-corrected chi connectivity index (χ2v) is 7.81. The molecule has 0 radical (unpaired) electrons. The van der Waals surface area contributed by atoms with Gasteiger partial charge in [-0.2, -0.15) is 5.10 Å². The molecule has 32 heavy (non-hydrogen) atoms. The number of benzene rings is 2. The highest BCUT2D eigenvalue weighted by Gasteiger charge is 2.13. The fourth-order valence-corrected chi connectivity index (χ4v) is 3.24. The fourth-order valence-electron chi connectivity index (χ4n) is 3.24. The first-order valence-electron chi connectivity index (χ1n) is 11.5. The molecule has 5 nitrogen and oxygen atoms in total. The average Bonchev–Trinajstić information content (AvgIpc) is 2.79. The number of nitrogens with one attached hydrogen (secondary N) is 1. The van der Waals surface area contributed by atoms with Gasteiger partial charge < -0.3 is 4.74 Å². The van der Waals surface area contributed by atoms with Crippen molar-refractivity contribution < 1.29 is 18.7 Å². The molecule has 6 heteroatoms. The quantitative estimate of drug-likeness (QED) is 0.121. The smallest absolute Gasteiger partial charge is 0.346 e. The Hall–Kier alpha value is -3.02. The number of nitrogens with zero attached hydrogens (tertiary/aromatic N) is 1. The van der Waals surface area contributed by atoms with Crippen LogP contribution < -0.4 is 10.2 Å². The predicted molar refractivity (Wildman–Crippen MR) is 125 cm³/mol. The second kappa shape index (κ2) is 14.9. The third-order valence-corrected chi connectivity index (χ3v) is 5.09. The Kier molecular flexibility index (Phi) is 11.7. The number of carbonyl (C=O) groups excluding carboxylic acids is 2. The number of rotatable bonds is 14. The van der Waals surface area contributed by atoms with Gasteiger partial charge in [0, 0.05) is 6.42 Å². The molecule has 2 aromatic carbocycles. The molecule has 172 valence electrons. The number of hydrogen-bond acceptors (Lipinski definition) is 4. The van der Waals surface area contributed by atoms with E-state index in [9.17, 15) is 14.0 Å². The Morgan fingerprint density at radius 3 is 2.19 bits per heavy atom. The molecule has 0 aliphatic heterocycles. The van der Waals surface area contributed by atoms with Gasteiger partial charge in [0.05, 0.1) is 11.8 Å². The van der Waals surface area contributed by atoms with Crippen LogP contribution in [0.3, 0.4) is 0 Å². The molecule has 0 fully saturated rings. The summed E-state index contributed by atoms with van der Waals surface area (Å²) in [5, 5.41) is 3.97. The summed E-state index contributed by atoms with van der Waals surface area (Å²) in [6, 6.07) is 12.2. The van der Waals surface area contributed by atoms with E-state index in [4.69, 9.17) is 4.74 Å². The van der Waals surface area contributed by atoms with Crippen LogP contribution in [0, 0.1) is 5.82 Å². The van der Waals surface area contributed by atoms with E-state index in [0.717, 1.165) is 18.4 Å². The van der Waals surface area contributed by atoms with Crippen molar-refractivity contribution in [1.29, 1.82) is 0 Å². The van der Waals surface area contributed by atoms with Gasteiger partial charge >= 0.3 is 5.97 Å². The maximum Gasteiger partial charge on any atom is 0.346 e. The lowest BCUT2D eigenvalue weighted by molar-refractivity contribution is -0.121. The molecule has 0 saturated carbocycles. The number of hydrazone groups is 1. The first-order chi connectivity index (χ1) is 15.6. The standard InChI is InChI=1S/C26H33FN2O3/c1-2-3-4-5-6-7-8-9-10-15-25(30)29-28-20-21-16-18-22(19-17-21)32-26(31)23-13-11-12-14-24(23)27/h11-14,16-20H,2-10,15H2,1H3,(H,29,30)/b28-20-. The van der Waals surface area contributed by atoms with Crippen LogP contribution in [0.5, 0.6) is 5.75 Å². The van der Waals surface area contributed by atoms with Gasteiger partial charge in [0.25, 0.3) is 0 Å². The molecule has 0 aliphatic carbocycles. The van der Waals surface area contributed by atoms with Crippen LogP contribution in [0.25, 0.3) is 0 Å². The first-order valence-corrected chi connectivity index (χ1v) is 11.5. The van der Waals surface area contributed by atoms with Crippen LogP contribution in [0.4, 0.5) is 4.39 Å². The molecule has 1 amide bonds. The van der Waals surface area contributed by atoms with E-state index >= 15 is 0 Å². The van der Waals surface area contributed by atoms with Crippen molar-refractivity contribution in [2.75, 3.05) is 0 Å². The maximum absolute atomic E-state index is 13.6. The Labute approximate surface area is 190 Å². The summed E-state index contributed by atoms with van der Waals surface area (Å²) in [6.45, 7) is 2.22. The van der Waals surface area contributed by atoms with Gasteiger partial charge in [-0.25, -0.2) is 14.6 Å². The Bertz CT molecular complexity index is 866. The van der Waals surface area contributed by atoms with E-state index < -0.39 is 11.8 Å². The third kappa shape index (κ3) is 9.86. The van der Waals surface area contributed by atoms with Crippen LogP contribution in [0.2, 0.25) is 0 Å². The topological polar surface area (TPSA) is 67.8 Å². The van der Waals surface area contributed by atoms with Crippen molar-refractivity contribution in [2.45, 2.75) is 71.1 Å². The zero-order valence-electron chi connectivity index (χ0n) is 18.8. The maximum atomic E-state index is 13.6. The van der Waals surface area contributed by atoms with Crippen molar-refractivity contribution in [3.8, 4) is 5.75 Å². The Morgan fingerprint density at radius 2 is 1.53 bits per heavy atom. The molecular weight excluding hydrogens is 407 g/mol. The molecule has 0 spiro atoms. The molecule has 0 bridgehead atoms. The van der Waals surface area contributed by atoms with Gasteiger partial charge in [-0.3, -0.25) is 4.79 Å². The minimum atomic E-state index is -0.756. The summed E-state index contributed by atoms with van der Waals surface area (Å²) < 4.78 is 18.8. The van der Waals surface area contributed by atoms with Gasteiger partial charge in [0.15, 0.2) is 0 Å². The molecular formula is C26H33FN2O3. The summed E-state index contributed by atoms with van der Waals surface area (Å²) in [5.74, 6) is -1.18. The lowest BCUT2D eigenvalue weighted by atomic mass is 10.1. The van der Waals surface area contributed by atoms with Crippen LogP contribution in [0.1, 0.15) is 87.1 Å². The number of amides is 1. The Balaban J connectivity index is 1.63. The predicted octanol–water partition coefficient (Wildman–Crippen LogP) is 6.42. The van der Waals surface area contributed by atoms with E-state index in [1.165, 1.54) is 69.4 Å². The van der Waals surface area contributed by atoms with Crippen molar-refractivity contribution in [1.82, 2.24) is 5.43 Å². The van der Waals surface area contributed by atoms with Gasteiger partial charge in [-0.15, -0.1) is 0 Å². The van der Waals surface area contributed by atoms with Crippen molar-refractivity contribution >= 4 is 18.1 Å². The number of unbranched alkanes of at least 4 members (excludes halogenated alkanes) is 8. The lowest BCUT2D eigenvalue weighted by Crippen LogP contribution is -2.16. The van der Waals surface area contributed by atoms with E-state index in [0.29, 0.717) is 12.2 Å². The molecule has 0 atom stereocenters. The molecule has 0 saturated heterocycles. The van der Waals surface area contributed by atoms with Crippen LogP contribution >= 0.6 is 0 Å². The lowest BCUT2D eigenvalue weighted by Gasteiger charge is -2.05. The summed E-state index contributed by atoms with van der Waals surface area (Å²) in [4.78, 5) is 23.9. The van der Waals surface area contributed by atoms with Gasteiger partial charge in [-0.05, 0) is 48.4 Å².